The number of hydrogen-bond donors (Lipinski definition) is 1. The Kier molecular flexibility index (Phi) is 6.52. The van der Waals surface area contributed by atoms with E-state index in [0.717, 1.165) is 27.0 Å². The first-order valence-electron chi connectivity index (χ1n) is 8.20. The molecule has 8 heteroatoms. The highest BCUT2D eigenvalue weighted by Gasteiger charge is 2.11. The molecule has 0 fully saturated rings. The number of aryl methyl sites for hydroxylation is 2. The van der Waals surface area contributed by atoms with Crippen molar-refractivity contribution in [2.24, 2.45) is 0 Å². The fourth-order valence-electron chi connectivity index (χ4n) is 2.25. The molecule has 1 aromatic heterocycles. The molecule has 140 valence electrons. The molecule has 6 nitrogen and oxygen atoms in total. The SMILES string of the molecule is Cc1cccc(OCc2nnc(SCC(=O)Nc3ccc(Br)c(C)c3)o2)c1. The molecule has 0 bridgehead atoms. The van der Waals surface area contributed by atoms with E-state index < -0.39 is 0 Å². The molecule has 0 radical (unpaired) electrons. The Morgan fingerprint density at radius 3 is 2.85 bits per heavy atom. The molecule has 0 saturated heterocycles. The highest BCUT2D eigenvalue weighted by atomic mass is 79.9. The molecule has 0 aliphatic heterocycles. The molecule has 2 aromatic carbocycles. The predicted molar refractivity (Wildman–Crippen MR) is 108 cm³/mol. The maximum absolute atomic E-state index is 12.1. The van der Waals surface area contributed by atoms with Gasteiger partial charge in [-0.3, -0.25) is 4.79 Å². The number of carbonyl (C=O) groups is 1. The van der Waals surface area contributed by atoms with Gasteiger partial charge in [-0.25, -0.2) is 0 Å². The third-order valence-corrected chi connectivity index (χ3v) is 5.28. The standard InChI is InChI=1S/C19H18BrN3O3S/c1-12-4-3-5-15(8-12)25-10-18-22-23-19(26-18)27-11-17(24)21-14-6-7-16(20)13(2)9-14/h3-9H,10-11H2,1-2H3,(H,21,24). The number of ether oxygens (including phenoxy) is 1. The molecule has 27 heavy (non-hydrogen) atoms. The van der Waals surface area contributed by atoms with E-state index in [1.807, 2.05) is 56.3 Å². The van der Waals surface area contributed by atoms with E-state index in [1.165, 1.54) is 11.8 Å². The minimum absolute atomic E-state index is 0.141. The van der Waals surface area contributed by atoms with E-state index in [9.17, 15) is 4.79 Å². The van der Waals surface area contributed by atoms with Crippen LogP contribution in [0, 0.1) is 13.8 Å². The van der Waals surface area contributed by atoms with E-state index in [0.29, 0.717) is 11.1 Å². The second-order valence-corrected chi connectivity index (χ2v) is 7.65. The number of halogens is 1. The van der Waals surface area contributed by atoms with Gasteiger partial charge in [0, 0.05) is 10.2 Å². The van der Waals surface area contributed by atoms with Crippen LogP contribution in [0.25, 0.3) is 0 Å². The van der Waals surface area contributed by atoms with Gasteiger partial charge in [0.2, 0.25) is 5.91 Å². The summed E-state index contributed by atoms with van der Waals surface area (Å²) in [7, 11) is 0. The van der Waals surface area contributed by atoms with Crippen molar-refractivity contribution in [3.63, 3.8) is 0 Å². The highest BCUT2D eigenvalue weighted by molar-refractivity contribution is 9.10. The first kappa shape index (κ1) is 19.4. The summed E-state index contributed by atoms with van der Waals surface area (Å²) in [5.41, 5.74) is 2.91. The zero-order chi connectivity index (χ0) is 19.2. The van der Waals surface area contributed by atoms with Crippen LogP contribution in [-0.2, 0) is 11.4 Å². The molecule has 0 aliphatic rings. The van der Waals surface area contributed by atoms with Gasteiger partial charge in [0.1, 0.15) is 5.75 Å². The number of hydrogen-bond acceptors (Lipinski definition) is 6. The molecular formula is C19H18BrN3O3S. The van der Waals surface area contributed by atoms with Crippen molar-refractivity contribution in [1.29, 1.82) is 0 Å². The normalized spacial score (nSPS) is 10.6. The molecule has 3 rings (SSSR count). The zero-order valence-electron chi connectivity index (χ0n) is 14.9. The van der Waals surface area contributed by atoms with Crippen molar-refractivity contribution < 1.29 is 13.9 Å². The first-order chi connectivity index (χ1) is 13.0. The topological polar surface area (TPSA) is 77.2 Å². The Morgan fingerprint density at radius 2 is 2.07 bits per heavy atom. The average molecular weight is 448 g/mol. The van der Waals surface area contributed by atoms with Crippen molar-refractivity contribution in [1.82, 2.24) is 10.2 Å². The van der Waals surface area contributed by atoms with Gasteiger partial charge in [-0.05, 0) is 55.3 Å². The summed E-state index contributed by atoms with van der Waals surface area (Å²) in [5.74, 6) is 1.14. The number of amides is 1. The quantitative estimate of drug-likeness (QED) is 0.526. The number of nitrogens with one attached hydrogen (secondary N) is 1. The summed E-state index contributed by atoms with van der Waals surface area (Å²) in [5, 5.41) is 11.0. The Labute approximate surface area is 169 Å². The van der Waals surface area contributed by atoms with Crippen LogP contribution in [-0.4, -0.2) is 21.9 Å². The fourth-order valence-corrected chi connectivity index (χ4v) is 3.08. The lowest BCUT2D eigenvalue weighted by atomic mass is 10.2. The number of aromatic nitrogens is 2. The first-order valence-corrected chi connectivity index (χ1v) is 9.98. The van der Waals surface area contributed by atoms with Crippen molar-refractivity contribution in [2.45, 2.75) is 25.7 Å². The second kappa shape index (κ2) is 9.05. The molecule has 3 aromatic rings. The van der Waals surface area contributed by atoms with Crippen LogP contribution in [0.5, 0.6) is 5.75 Å². The lowest BCUT2D eigenvalue weighted by molar-refractivity contribution is -0.113. The Balaban J connectivity index is 1.47. The van der Waals surface area contributed by atoms with E-state index in [-0.39, 0.29) is 18.3 Å². The van der Waals surface area contributed by atoms with E-state index >= 15 is 0 Å². The maximum atomic E-state index is 12.1. The monoisotopic (exact) mass is 447 g/mol. The fraction of sp³-hybridized carbons (Fsp3) is 0.211. The van der Waals surface area contributed by atoms with Crippen LogP contribution in [0.3, 0.4) is 0 Å². The number of thioether (sulfide) groups is 1. The van der Waals surface area contributed by atoms with Gasteiger partial charge in [-0.2, -0.15) is 0 Å². The number of nitrogens with zero attached hydrogens (tertiary/aromatic N) is 2. The molecule has 1 N–H and O–H groups in total. The number of carbonyl (C=O) groups excluding carboxylic acids is 1. The van der Waals surface area contributed by atoms with Gasteiger partial charge < -0.3 is 14.5 Å². The van der Waals surface area contributed by atoms with E-state index in [2.05, 4.69) is 31.4 Å². The minimum atomic E-state index is -0.141. The molecule has 0 atom stereocenters. The molecule has 0 saturated carbocycles. The van der Waals surface area contributed by atoms with Gasteiger partial charge in [-0.1, -0.05) is 39.8 Å². The highest BCUT2D eigenvalue weighted by Crippen LogP contribution is 2.21. The van der Waals surface area contributed by atoms with Gasteiger partial charge in [0.25, 0.3) is 11.1 Å². The molecule has 0 spiro atoms. The maximum Gasteiger partial charge on any atom is 0.277 e. The Morgan fingerprint density at radius 1 is 1.22 bits per heavy atom. The van der Waals surface area contributed by atoms with Crippen LogP contribution in [0.2, 0.25) is 0 Å². The molecular weight excluding hydrogens is 430 g/mol. The predicted octanol–water partition coefficient (Wildman–Crippen LogP) is 4.76. The largest absolute Gasteiger partial charge is 0.484 e. The molecule has 0 aliphatic carbocycles. The second-order valence-electron chi connectivity index (χ2n) is 5.87. The lowest BCUT2D eigenvalue weighted by Crippen LogP contribution is -2.14. The van der Waals surface area contributed by atoms with Crippen molar-refractivity contribution >= 4 is 39.3 Å². The van der Waals surface area contributed by atoms with Crippen LogP contribution in [0.4, 0.5) is 5.69 Å². The summed E-state index contributed by atoms with van der Waals surface area (Å²) in [6, 6.07) is 13.4. The van der Waals surface area contributed by atoms with Gasteiger partial charge >= 0.3 is 0 Å². The molecule has 0 unspecified atom stereocenters. The summed E-state index contributed by atoms with van der Waals surface area (Å²) in [6.45, 7) is 4.14. The third-order valence-electron chi connectivity index (χ3n) is 3.57. The van der Waals surface area contributed by atoms with Crippen molar-refractivity contribution in [3.05, 3.63) is 64.0 Å². The van der Waals surface area contributed by atoms with Crippen molar-refractivity contribution in [3.8, 4) is 5.75 Å². The zero-order valence-corrected chi connectivity index (χ0v) is 17.3. The number of benzene rings is 2. The average Bonchev–Trinajstić information content (AvgIpc) is 3.09. The van der Waals surface area contributed by atoms with Crippen LogP contribution in [0.1, 0.15) is 17.0 Å². The summed E-state index contributed by atoms with van der Waals surface area (Å²) < 4.78 is 12.1. The van der Waals surface area contributed by atoms with Gasteiger partial charge in [-0.15, -0.1) is 10.2 Å². The van der Waals surface area contributed by atoms with Crippen LogP contribution in [0.15, 0.2) is 56.6 Å². The summed E-state index contributed by atoms with van der Waals surface area (Å²) in [4.78, 5) is 12.1. The third kappa shape index (κ3) is 5.83. The molecule has 1 amide bonds. The number of rotatable bonds is 7. The van der Waals surface area contributed by atoms with Crippen molar-refractivity contribution in [2.75, 3.05) is 11.1 Å². The number of anilines is 1. The Hall–Kier alpha value is -2.32. The Bertz CT molecular complexity index is 945. The summed E-state index contributed by atoms with van der Waals surface area (Å²) in [6.07, 6.45) is 0. The summed E-state index contributed by atoms with van der Waals surface area (Å²) >= 11 is 4.62. The van der Waals surface area contributed by atoms with E-state index in [4.69, 9.17) is 9.15 Å². The van der Waals surface area contributed by atoms with Gasteiger partial charge in [0.15, 0.2) is 6.61 Å². The van der Waals surface area contributed by atoms with Crippen LogP contribution >= 0.6 is 27.7 Å². The smallest absolute Gasteiger partial charge is 0.277 e. The van der Waals surface area contributed by atoms with Crippen LogP contribution < -0.4 is 10.1 Å². The molecule has 1 heterocycles. The van der Waals surface area contributed by atoms with E-state index in [1.54, 1.807) is 0 Å². The van der Waals surface area contributed by atoms with Gasteiger partial charge in [0.05, 0.1) is 5.75 Å². The minimum Gasteiger partial charge on any atom is -0.484 e. The lowest BCUT2D eigenvalue weighted by Gasteiger charge is -2.06.